The first-order valence-corrected chi connectivity index (χ1v) is 10.8. The lowest BCUT2D eigenvalue weighted by Gasteiger charge is -2.37. The van der Waals surface area contributed by atoms with Crippen LogP contribution in [0.15, 0.2) is 45.7 Å². The molecule has 0 amide bonds. The minimum Gasteiger partial charge on any atom is -0.385 e. The average molecular weight is 445 g/mol. The van der Waals surface area contributed by atoms with Gasteiger partial charge in [-0.25, -0.2) is 8.78 Å². The molecule has 1 aromatic rings. The van der Waals surface area contributed by atoms with Gasteiger partial charge in [0, 0.05) is 35.3 Å². The highest BCUT2D eigenvalue weighted by molar-refractivity contribution is 6.34. The summed E-state index contributed by atoms with van der Waals surface area (Å²) in [6, 6.07) is 5.42. The molecule has 29 heavy (non-hydrogen) atoms. The van der Waals surface area contributed by atoms with Gasteiger partial charge in [0.2, 0.25) is 5.67 Å². The summed E-state index contributed by atoms with van der Waals surface area (Å²) in [7, 11) is 0. The number of nitrogens with one attached hydrogen (secondary N) is 2. The van der Waals surface area contributed by atoms with Gasteiger partial charge in [-0.2, -0.15) is 0 Å². The Bertz CT molecular complexity index is 779. The maximum Gasteiger partial charge on any atom is 0.213 e. The van der Waals surface area contributed by atoms with Crippen LogP contribution < -0.4 is 10.6 Å². The van der Waals surface area contributed by atoms with Crippen LogP contribution in [0.4, 0.5) is 8.78 Å². The molecule has 162 valence electrons. The lowest BCUT2D eigenvalue weighted by atomic mass is 9.85. The maximum atomic E-state index is 16.7. The van der Waals surface area contributed by atoms with Crippen LogP contribution in [-0.2, 0) is 5.67 Å². The second-order valence-corrected chi connectivity index (χ2v) is 10.3. The van der Waals surface area contributed by atoms with Crippen molar-refractivity contribution in [2.24, 2.45) is 11.3 Å². The van der Waals surface area contributed by atoms with Crippen molar-refractivity contribution in [1.82, 2.24) is 10.6 Å². The molecule has 0 spiro atoms. The van der Waals surface area contributed by atoms with Gasteiger partial charge < -0.3 is 10.6 Å². The molecule has 0 saturated carbocycles. The topological polar surface area (TPSA) is 24.1 Å². The van der Waals surface area contributed by atoms with Crippen LogP contribution in [0.25, 0.3) is 0 Å². The molecule has 2 rings (SSSR count). The van der Waals surface area contributed by atoms with E-state index in [1.54, 1.807) is 0 Å². The van der Waals surface area contributed by atoms with E-state index in [9.17, 15) is 4.39 Å². The Balaban J connectivity index is 2.50. The minimum atomic E-state index is -2.17. The van der Waals surface area contributed by atoms with E-state index in [1.807, 2.05) is 27.7 Å². The van der Waals surface area contributed by atoms with Crippen molar-refractivity contribution in [3.8, 4) is 0 Å². The molecule has 0 saturated heterocycles. The van der Waals surface area contributed by atoms with Crippen LogP contribution in [0.2, 0.25) is 0 Å². The molecule has 1 aromatic carbocycles. The molecule has 0 fully saturated rings. The fourth-order valence-corrected chi connectivity index (χ4v) is 4.18. The first-order valence-electron chi connectivity index (χ1n) is 10.1. The van der Waals surface area contributed by atoms with E-state index in [0.29, 0.717) is 29.6 Å². The molecule has 0 aliphatic heterocycles. The Hall–Kier alpha value is -1.26. The molecule has 2 atom stereocenters. The minimum absolute atomic E-state index is 0.0422. The highest BCUT2D eigenvalue weighted by atomic mass is 35.5. The number of allylic oxidation sites excluding steroid dienone is 2. The van der Waals surface area contributed by atoms with Gasteiger partial charge in [-0.05, 0) is 36.8 Å². The number of hydrogen-bond acceptors (Lipinski definition) is 2. The summed E-state index contributed by atoms with van der Waals surface area (Å²) in [5.74, 6) is 0.0548. The van der Waals surface area contributed by atoms with E-state index in [0.717, 1.165) is 6.42 Å². The second kappa shape index (κ2) is 9.26. The lowest BCUT2D eigenvalue weighted by molar-refractivity contribution is 0.246. The predicted octanol–water partition coefficient (Wildman–Crippen LogP) is 6.95. The van der Waals surface area contributed by atoms with E-state index in [2.05, 4.69) is 24.5 Å². The highest BCUT2D eigenvalue weighted by Crippen LogP contribution is 2.49. The summed E-state index contributed by atoms with van der Waals surface area (Å²) < 4.78 is 30.2. The molecule has 0 bridgehead atoms. The summed E-state index contributed by atoms with van der Waals surface area (Å²) in [4.78, 5) is 0. The first-order chi connectivity index (χ1) is 13.3. The smallest absolute Gasteiger partial charge is 0.213 e. The second-order valence-electron chi connectivity index (χ2n) is 9.50. The molecule has 0 aromatic heterocycles. The van der Waals surface area contributed by atoms with Gasteiger partial charge in [-0.15, -0.1) is 0 Å². The molecule has 2 unspecified atom stereocenters. The van der Waals surface area contributed by atoms with E-state index >= 15 is 4.39 Å². The van der Waals surface area contributed by atoms with Crippen LogP contribution in [0.1, 0.15) is 59.9 Å². The summed E-state index contributed by atoms with van der Waals surface area (Å²) in [6.07, 6.45) is 1.24. The molecule has 0 radical (unpaired) electrons. The van der Waals surface area contributed by atoms with Gasteiger partial charge in [-0.3, -0.25) is 0 Å². The SMILES string of the molecule is CC(C)CC(C)NC1=C(Cl)C(F)(c2ccc(F)cc2)C(NCC(C)(C)C)=C(Cl)C1. The Morgan fingerprint density at radius 2 is 1.69 bits per heavy atom. The van der Waals surface area contributed by atoms with Crippen molar-refractivity contribution in [2.45, 2.75) is 66.1 Å². The van der Waals surface area contributed by atoms with Gasteiger partial charge >= 0.3 is 0 Å². The molecule has 1 aliphatic carbocycles. The maximum absolute atomic E-state index is 16.7. The zero-order valence-electron chi connectivity index (χ0n) is 18.1. The quantitative estimate of drug-likeness (QED) is 0.474. The molecule has 0 heterocycles. The third-order valence-electron chi connectivity index (χ3n) is 4.80. The van der Waals surface area contributed by atoms with Crippen LogP contribution in [-0.4, -0.2) is 12.6 Å². The van der Waals surface area contributed by atoms with Crippen LogP contribution in [0.5, 0.6) is 0 Å². The van der Waals surface area contributed by atoms with E-state index in [4.69, 9.17) is 23.2 Å². The zero-order valence-corrected chi connectivity index (χ0v) is 19.6. The molecular weight excluding hydrogens is 413 g/mol. The van der Waals surface area contributed by atoms with Gasteiger partial charge in [0.25, 0.3) is 0 Å². The number of benzene rings is 1. The third-order valence-corrected chi connectivity index (χ3v) is 5.61. The molecular formula is C23H32Cl2F2N2. The van der Waals surface area contributed by atoms with Crippen molar-refractivity contribution in [2.75, 3.05) is 6.54 Å². The average Bonchev–Trinajstić information content (AvgIpc) is 2.58. The number of hydrogen-bond donors (Lipinski definition) is 2. The first kappa shape index (κ1) is 24.0. The van der Waals surface area contributed by atoms with Crippen molar-refractivity contribution < 1.29 is 8.78 Å². The van der Waals surface area contributed by atoms with Crippen LogP contribution >= 0.6 is 23.2 Å². The standard InChI is InChI=1S/C23H32Cl2F2N2/c1-14(2)11-15(3)29-19-12-18(24)21(28-13-22(4,5)6)23(27,20(19)25)16-7-9-17(26)10-8-16/h7-10,14-15,28-29H,11-13H2,1-6H3. The molecule has 1 aliphatic rings. The Morgan fingerprint density at radius 3 is 2.21 bits per heavy atom. The van der Waals surface area contributed by atoms with Gasteiger partial charge in [0.05, 0.1) is 10.7 Å². The predicted molar refractivity (Wildman–Crippen MR) is 119 cm³/mol. The van der Waals surface area contributed by atoms with Crippen molar-refractivity contribution >= 4 is 23.2 Å². The lowest BCUT2D eigenvalue weighted by Crippen LogP contribution is -2.41. The summed E-state index contributed by atoms with van der Waals surface area (Å²) in [5.41, 5.74) is -1.22. The van der Waals surface area contributed by atoms with Gasteiger partial charge in [0.1, 0.15) is 5.82 Å². The van der Waals surface area contributed by atoms with E-state index in [-0.39, 0.29) is 27.7 Å². The van der Waals surface area contributed by atoms with Crippen LogP contribution in [0, 0.1) is 17.2 Å². The fourth-order valence-electron chi connectivity index (χ4n) is 3.53. The van der Waals surface area contributed by atoms with Crippen molar-refractivity contribution in [3.05, 3.63) is 57.1 Å². The molecule has 6 heteroatoms. The number of alkyl halides is 1. The summed E-state index contributed by atoms with van der Waals surface area (Å²) in [6.45, 7) is 13.0. The van der Waals surface area contributed by atoms with Gasteiger partial charge in [0.15, 0.2) is 0 Å². The number of rotatable bonds is 7. The number of halogens is 4. The summed E-state index contributed by atoms with van der Waals surface area (Å²) >= 11 is 13.3. The molecule has 2 nitrogen and oxygen atoms in total. The Morgan fingerprint density at radius 1 is 1.10 bits per heavy atom. The van der Waals surface area contributed by atoms with Crippen molar-refractivity contribution in [3.63, 3.8) is 0 Å². The zero-order chi connectivity index (χ0) is 22.0. The third kappa shape index (κ3) is 5.88. The largest absolute Gasteiger partial charge is 0.385 e. The van der Waals surface area contributed by atoms with Crippen molar-refractivity contribution in [1.29, 1.82) is 0 Å². The monoisotopic (exact) mass is 444 g/mol. The molecule has 2 N–H and O–H groups in total. The Labute approximate surface area is 183 Å². The van der Waals surface area contributed by atoms with E-state index in [1.165, 1.54) is 24.3 Å². The summed E-state index contributed by atoms with van der Waals surface area (Å²) in [5, 5.41) is 6.94. The fraction of sp³-hybridized carbons (Fsp3) is 0.565. The van der Waals surface area contributed by atoms with E-state index < -0.39 is 11.5 Å². The highest BCUT2D eigenvalue weighted by Gasteiger charge is 2.46. The Kier molecular flexibility index (Phi) is 7.67. The van der Waals surface area contributed by atoms with Gasteiger partial charge in [-0.1, -0.05) is 70.0 Å². The van der Waals surface area contributed by atoms with Crippen LogP contribution in [0.3, 0.4) is 0 Å². The normalized spacial score (nSPS) is 21.6.